The molecular formula is C4H5NO2. The van der Waals surface area contributed by atoms with Crippen molar-refractivity contribution < 1.29 is 9.47 Å². The highest BCUT2D eigenvalue weighted by Gasteiger charge is 1.78. The number of hydrogen-bond acceptors (Lipinski definition) is 3. The van der Waals surface area contributed by atoms with E-state index in [-0.39, 0.29) is 6.79 Å². The molecule has 3 nitrogen and oxygen atoms in total. The van der Waals surface area contributed by atoms with Gasteiger partial charge in [-0.1, -0.05) is 0 Å². The Hall–Kier alpha value is -0.590. The molecule has 38 valence electrons. The molecule has 0 rings (SSSR count). The quantitative estimate of drug-likeness (QED) is 0.381. The smallest absolute Gasteiger partial charge is 0.186 e. The van der Waals surface area contributed by atoms with Crippen LogP contribution in [0.4, 0.5) is 0 Å². The van der Waals surface area contributed by atoms with Crippen molar-refractivity contribution in [3.63, 3.8) is 0 Å². The van der Waals surface area contributed by atoms with Gasteiger partial charge in [-0.3, -0.25) is 0 Å². The molecule has 0 N–H and O–H groups in total. The standard InChI is InChI=1S/C4H5NO2/c1-6-4-7-3-2-5/h3H,1,4H2. The first-order valence-corrected chi connectivity index (χ1v) is 1.61. The van der Waals surface area contributed by atoms with E-state index >= 15 is 0 Å². The molecule has 0 saturated carbocycles. The topological polar surface area (TPSA) is 42.2 Å². The Kier molecular flexibility index (Phi) is 4.95. The van der Waals surface area contributed by atoms with Gasteiger partial charge in [0.15, 0.2) is 6.61 Å². The summed E-state index contributed by atoms with van der Waals surface area (Å²) < 4.78 is 8.55. The molecule has 0 aliphatic heterocycles. The van der Waals surface area contributed by atoms with Gasteiger partial charge in [0, 0.05) is 0 Å². The first kappa shape index (κ1) is 6.41. The van der Waals surface area contributed by atoms with Crippen LogP contribution in [0.3, 0.4) is 0 Å². The second kappa shape index (κ2) is 5.41. The lowest BCUT2D eigenvalue weighted by molar-refractivity contribution is 0.0268. The SMILES string of the molecule is [CH2]OCO[CH]C#N. The van der Waals surface area contributed by atoms with E-state index in [0.717, 1.165) is 6.61 Å². The van der Waals surface area contributed by atoms with E-state index < -0.39 is 0 Å². The van der Waals surface area contributed by atoms with Gasteiger partial charge in [0.05, 0.1) is 13.2 Å². The molecule has 2 radical (unpaired) electrons. The maximum atomic E-state index is 7.79. The Balaban J connectivity index is 2.60. The van der Waals surface area contributed by atoms with Crippen LogP contribution >= 0.6 is 0 Å². The van der Waals surface area contributed by atoms with Gasteiger partial charge in [-0.25, -0.2) is 0 Å². The zero-order valence-electron chi connectivity index (χ0n) is 3.76. The fraction of sp³-hybridized carbons (Fsp3) is 0.250. The molecule has 0 saturated heterocycles. The molecule has 0 spiro atoms. The lowest BCUT2D eigenvalue weighted by Crippen LogP contribution is -1.88. The molecule has 0 heterocycles. The number of hydrogen-bond donors (Lipinski definition) is 0. The van der Waals surface area contributed by atoms with Gasteiger partial charge in [0.2, 0.25) is 0 Å². The van der Waals surface area contributed by atoms with Crippen LogP contribution in [0.25, 0.3) is 0 Å². The summed E-state index contributed by atoms with van der Waals surface area (Å²) in [6.45, 7) is 1.01. The van der Waals surface area contributed by atoms with E-state index in [1.54, 1.807) is 6.07 Å². The van der Waals surface area contributed by atoms with Gasteiger partial charge in [-0.05, 0) is 0 Å². The second-order valence-corrected chi connectivity index (χ2v) is 0.736. The van der Waals surface area contributed by atoms with Crippen molar-refractivity contribution in [1.82, 2.24) is 0 Å². The average Bonchev–Trinajstić information content (AvgIpc) is 1.69. The molecule has 0 aromatic carbocycles. The fourth-order valence-electron chi connectivity index (χ4n) is 0.119. The largest absolute Gasteiger partial charge is 0.353 e. The first-order chi connectivity index (χ1) is 3.41. The Labute approximate surface area is 42.5 Å². The minimum Gasteiger partial charge on any atom is -0.353 e. The molecule has 0 aliphatic rings. The van der Waals surface area contributed by atoms with Crippen molar-refractivity contribution in [2.75, 3.05) is 6.79 Å². The highest BCUT2D eigenvalue weighted by atomic mass is 16.7. The Morgan fingerprint density at radius 2 is 2.57 bits per heavy atom. The zero-order valence-corrected chi connectivity index (χ0v) is 3.76. The van der Waals surface area contributed by atoms with Crippen LogP contribution in [-0.4, -0.2) is 6.79 Å². The normalized spacial score (nSPS) is 8.00. The van der Waals surface area contributed by atoms with E-state index in [2.05, 4.69) is 16.6 Å². The molecule has 0 atom stereocenters. The van der Waals surface area contributed by atoms with Crippen molar-refractivity contribution in [3.8, 4) is 6.07 Å². The fourth-order valence-corrected chi connectivity index (χ4v) is 0.119. The monoisotopic (exact) mass is 99.0 g/mol. The maximum Gasteiger partial charge on any atom is 0.186 e. The van der Waals surface area contributed by atoms with Gasteiger partial charge in [-0.2, -0.15) is 5.26 Å². The van der Waals surface area contributed by atoms with E-state index in [0.29, 0.717) is 0 Å². The van der Waals surface area contributed by atoms with Crippen molar-refractivity contribution in [3.05, 3.63) is 13.7 Å². The Morgan fingerprint density at radius 1 is 1.86 bits per heavy atom. The third-order valence-corrected chi connectivity index (χ3v) is 0.287. The van der Waals surface area contributed by atoms with Crippen LogP contribution in [-0.2, 0) is 9.47 Å². The van der Waals surface area contributed by atoms with E-state index in [1.165, 1.54) is 0 Å². The van der Waals surface area contributed by atoms with Gasteiger partial charge in [-0.15, -0.1) is 0 Å². The highest BCUT2D eigenvalue weighted by molar-refractivity contribution is 4.80. The summed E-state index contributed by atoms with van der Waals surface area (Å²) in [5, 5.41) is 7.79. The highest BCUT2D eigenvalue weighted by Crippen LogP contribution is 1.76. The number of ether oxygens (including phenoxy) is 2. The number of rotatable bonds is 3. The van der Waals surface area contributed by atoms with Crippen LogP contribution in [0.1, 0.15) is 0 Å². The maximum absolute atomic E-state index is 7.79. The Bertz CT molecular complexity index is 66.6. The molecule has 3 heteroatoms. The molecule has 0 amide bonds. The summed E-state index contributed by atoms with van der Waals surface area (Å²) in [6, 6.07) is 1.65. The summed E-state index contributed by atoms with van der Waals surface area (Å²) in [7, 11) is 3.00. The molecule has 0 aromatic rings. The van der Waals surface area contributed by atoms with E-state index in [4.69, 9.17) is 5.26 Å². The predicted octanol–water partition coefficient (Wildman–Crippen LogP) is 0.454. The Morgan fingerprint density at radius 3 is 3.00 bits per heavy atom. The van der Waals surface area contributed by atoms with Gasteiger partial charge in [0.25, 0.3) is 0 Å². The van der Waals surface area contributed by atoms with Gasteiger partial charge >= 0.3 is 0 Å². The van der Waals surface area contributed by atoms with Crippen LogP contribution in [0.2, 0.25) is 0 Å². The third-order valence-electron chi connectivity index (χ3n) is 0.287. The molecular weight excluding hydrogens is 94.0 g/mol. The van der Waals surface area contributed by atoms with Gasteiger partial charge in [0.1, 0.15) is 6.79 Å². The molecule has 0 bridgehead atoms. The second-order valence-electron chi connectivity index (χ2n) is 0.736. The molecule has 0 unspecified atom stereocenters. The summed E-state index contributed by atoms with van der Waals surface area (Å²) >= 11 is 0. The van der Waals surface area contributed by atoms with Crippen molar-refractivity contribution >= 4 is 0 Å². The molecule has 0 aromatic heterocycles. The van der Waals surface area contributed by atoms with Crippen LogP contribution in [0.5, 0.6) is 0 Å². The van der Waals surface area contributed by atoms with Crippen molar-refractivity contribution in [2.45, 2.75) is 0 Å². The lowest BCUT2D eigenvalue weighted by Gasteiger charge is -1.90. The summed E-state index contributed by atoms with van der Waals surface area (Å²) in [6.07, 6.45) is 0. The summed E-state index contributed by atoms with van der Waals surface area (Å²) in [5.74, 6) is 0. The summed E-state index contributed by atoms with van der Waals surface area (Å²) in [5.41, 5.74) is 0. The van der Waals surface area contributed by atoms with Crippen LogP contribution in [0, 0.1) is 25.0 Å². The van der Waals surface area contributed by atoms with Crippen molar-refractivity contribution in [2.24, 2.45) is 0 Å². The van der Waals surface area contributed by atoms with E-state index in [1.807, 2.05) is 0 Å². The van der Waals surface area contributed by atoms with E-state index in [9.17, 15) is 0 Å². The number of nitrogens with zero attached hydrogens (tertiary/aromatic N) is 1. The third kappa shape index (κ3) is 5.41. The molecule has 7 heavy (non-hydrogen) atoms. The molecule has 0 aliphatic carbocycles. The lowest BCUT2D eigenvalue weighted by atomic mass is 10.8. The number of nitriles is 1. The van der Waals surface area contributed by atoms with Crippen molar-refractivity contribution in [1.29, 1.82) is 5.26 Å². The van der Waals surface area contributed by atoms with Crippen LogP contribution in [0.15, 0.2) is 0 Å². The minimum absolute atomic E-state index is 0.0353. The first-order valence-electron chi connectivity index (χ1n) is 1.61. The summed E-state index contributed by atoms with van der Waals surface area (Å²) in [4.78, 5) is 0. The average molecular weight is 99.1 g/mol. The zero-order chi connectivity index (χ0) is 5.54. The predicted molar refractivity (Wildman–Crippen MR) is 22.3 cm³/mol. The van der Waals surface area contributed by atoms with Crippen LogP contribution < -0.4 is 0 Å². The minimum atomic E-state index is 0.0353. The van der Waals surface area contributed by atoms with Gasteiger partial charge < -0.3 is 9.47 Å². The molecule has 0 fully saturated rings.